The summed E-state index contributed by atoms with van der Waals surface area (Å²) in [5.74, 6) is -0.578. The van der Waals surface area contributed by atoms with Crippen LogP contribution in [0.4, 0.5) is 13.2 Å². The largest absolute Gasteiger partial charge is 0.497 e. The van der Waals surface area contributed by atoms with Crippen LogP contribution in [0.3, 0.4) is 0 Å². The van der Waals surface area contributed by atoms with Crippen LogP contribution in [0.25, 0.3) is 0 Å². The number of methoxy groups -OCH3 is 1. The van der Waals surface area contributed by atoms with Crippen LogP contribution in [0.15, 0.2) is 18.2 Å². The lowest BCUT2D eigenvalue weighted by atomic mass is 9.77. The molecule has 0 spiro atoms. The van der Waals surface area contributed by atoms with Crippen LogP contribution < -0.4 is 4.74 Å². The van der Waals surface area contributed by atoms with E-state index in [1.165, 1.54) is 19.2 Å². The summed E-state index contributed by atoms with van der Waals surface area (Å²) in [5.41, 5.74) is -0.704. The van der Waals surface area contributed by atoms with Gasteiger partial charge in [0.05, 0.1) is 12.7 Å². The number of hydrogen-bond donors (Lipinski definition) is 0. The van der Waals surface area contributed by atoms with Gasteiger partial charge in [0.2, 0.25) is 0 Å². The van der Waals surface area contributed by atoms with Crippen molar-refractivity contribution in [2.75, 3.05) is 7.11 Å². The average molecular weight is 244 g/mol. The predicted octanol–water partition coefficient (Wildman–Crippen LogP) is 3.16. The standard InChI is InChI=1S/C12H11F3O2/c1-17-7-2-3-8(9-4-5-11(9)16)10(6-7)12(13,14)15/h2-3,6,9H,4-5H2,1H3. The van der Waals surface area contributed by atoms with Crippen molar-refractivity contribution in [3.8, 4) is 5.75 Å². The molecule has 1 fully saturated rings. The van der Waals surface area contributed by atoms with E-state index in [9.17, 15) is 18.0 Å². The Morgan fingerprint density at radius 2 is 2.06 bits per heavy atom. The molecule has 0 aromatic heterocycles. The number of alkyl halides is 3. The summed E-state index contributed by atoms with van der Waals surface area (Å²) in [4.78, 5) is 11.3. The Kier molecular flexibility index (Phi) is 2.85. The molecule has 1 atom stereocenters. The maximum Gasteiger partial charge on any atom is 0.416 e. The first-order valence-corrected chi connectivity index (χ1v) is 5.21. The number of carbonyl (C=O) groups excluding carboxylic acids is 1. The summed E-state index contributed by atoms with van der Waals surface area (Å²) >= 11 is 0. The lowest BCUT2D eigenvalue weighted by Gasteiger charge is -2.27. The second-order valence-corrected chi connectivity index (χ2v) is 4.01. The second kappa shape index (κ2) is 4.05. The molecule has 17 heavy (non-hydrogen) atoms. The Hall–Kier alpha value is -1.52. The van der Waals surface area contributed by atoms with Crippen LogP contribution in [0, 0.1) is 0 Å². The fraction of sp³-hybridized carbons (Fsp3) is 0.417. The molecule has 0 bridgehead atoms. The third-order valence-electron chi connectivity index (χ3n) is 3.01. The van der Waals surface area contributed by atoms with E-state index in [0.717, 1.165) is 6.07 Å². The molecule has 0 N–H and O–H groups in total. The molecule has 1 aliphatic carbocycles. The highest BCUT2D eigenvalue weighted by Crippen LogP contribution is 2.42. The van der Waals surface area contributed by atoms with E-state index < -0.39 is 17.7 Å². The Labute approximate surface area is 96.4 Å². The molecule has 1 unspecified atom stereocenters. The van der Waals surface area contributed by atoms with Gasteiger partial charge in [-0.1, -0.05) is 6.07 Å². The molecule has 92 valence electrons. The first-order valence-electron chi connectivity index (χ1n) is 5.21. The number of rotatable bonds is 2. The molecule has 0 amide bonds. The minimum atomic E-state index is -4.46. The van der Waals surface area contributed by atoms with Crippen LogP contribution in [-0.4, -0.2) is 12.9 Å². The van der Waals surface area contributed by atoms with Gasteiger partial charge in [0, 0.05) is 12.3 Å². The number of carbonyl (C=O) groups is 1. The summed E-state index contributed by atoms with van der Waals surface area (Å²) in [6, 6.07) is 3.74. The summed E-state index contributed by atoms with van der Waals surface area (Å²) < 4.78 is 43.3. The van der Waals surface area contributed by atoms with Gasteiger partial charge in [0.1, 0.15) is 11.5 Å². The zero-order valence-corrected chi connectivity index (χ0v) is 9.17. The Balaban J connectivity index is 2.47. The van der Waals surface area contributed by atoms with Gasteiger partial charge in [-0.25, -0.2) is 0 Å². The van der Waals surface area contributed by atoms with E-state index in [2.05, 4.69) is 0 Å². The first-order chi connectivity index (χ1) is 7.93. The summed E-state index contributed by atoms with van der Waals surface area (Å²) in [5, 5.41) is 0. The fourth-order valence-corrected chi connectivity index (χ4v) is 1.95. The molecule has 5 heteroatoms. The van der Waals surface area contributed by atoms with E-state index in [-0.39, 0.29) is 17.1 Å². The van der Waals surface area contributed by atoms with Crippen LogP contribution in [0.5, 0.6) is 5.75 Å². The van der Waals surface area contributed by atoms with Crippen LogP contribution in [0.2, 0.25) is 0 Å². The zero-order chi connectivity index (χ0) is 12.6. The number of ketones is 1. The SMILES string of the molecule is COc1ccc(C2CCC2=O)c(C(F)(F)F)c1. The monoisotopic (exact) mass is 244 g/mol. The average Bonchev–Trinajstić information content (AvgIpc) is 2.26. The van der Waals surface area contributed by atoms with E-state index in [1.807, 2.05) is 0 Å². The van der Waals surface area contributed by atoms with Gasteiger partial charge >= 0.3 is 6.18 Å². The zero-order valence-electron chi connectivity index (χ0n) is 9.17. The van der Waals surface area contributed by atoms with Gasteiger partial charge in [-0.15, -0.1) is 0 Å². The Morgan fingerprint density at radius 3 is 2.47 bits per heavy atom. The predicted molar refractivity (Wildman–Crippen MR) is 55.0 cm³/mol. The van der Waals surface area contributed by atoms with Crippen molar-refractivity contribution in [1.29, 1.82) is 0 Å². The number of hydrogen-bond acceptors (Lipinski definition) is 2. The molecular weight excluding hydrogens is 233 g/mol. The molecular formula is C12H11F3O2. The van der Waals surface area contributed by atoms with Crippen molar-refractivity contribution >= 4 is 5.78 Å². The van der Waals surface area contributed by atoms with Crippen LogP contribution in [-0.2, 0) is 11.0 Å². The molecule has 2 rings (SSSR count). The van der Waals surface area contributed by atoms with Crippen molar-refractivity contribution < 1.29 is 22.7 Å². The Morgan fingerprint density at radius 1 is 1.35 bits per heavy atom. The molecule has 1 aromatic carbocycles. The van der Waals surface area contributed by atoms with Gasteiger partial charge in [0.25, 0.3) is 0 Å². The summed E-state index contributed by atoms with van der Waals surface area (Å²) in [6.45, 7) is 0. The smallest absolute Gasteiger partial charge is 0.416 e. The van der Waals surface area contributed by atoms with Gasteiger partial charge in [-0.2, -0.15) is 13.2 Å². The van der Waals surface area contributed by atoms with E-state index >= 15 is 0 Å². The maximum absolute atomic E-state index is 12.8. The molecule has 0 heterocycles. The quantitative estimate of drug-likeness (QED) is 0.798. The highest BCUT2D eigenvalue weighted by Gasteiger charge is 2.39. The van der Waals surface area contributed by atoms with Gasteiger partial charge in [-0.05, 0) is 24.1 Å². The van der Waals surface area contributed by atoms with Crippen molar-refractivity contribution in [2.45, 2.75) is 24.9 Å². The molecule has 1 aliphatic rings. The maximum atomic E-state index is 12.8. The number of benzene rings is 1. The topological polar surface area (TPSA) is 26.3 Å². The van der Waals surface area contributed by atoms with E-state index in [4.69, 9.17) is 4.74 Å². The fourth-order valence-electron chi connectivity index (χ4n) is 1.95. The van der Waals surface area contributed by atoms with E-state index in [1.54, 1.807) is 0 Å². The first kappa shape index (κ1) is 12.0. The molecule has 1 aromatic rings. The molecule has 1 saturated carbocycles. The van der Waals surface area contributed by atoms with Crippen molar-refractivity contribution in [3.63, 3.8) is 0 Å². The lowest BCUT2D eigenvalue weighted by molar-refractivity contribution is -0.139. The minimum absolute atomic E-state index is 0.0644. The van der Waals surface area contributed by atoms with Gasteiger partial charge in [0.15, 0.2) is 0 Å². The third kappa shape index (κ3) is 2.14. The van der Waals surface area contributed by atoms with Crippen molar-refractivity contribution in [2.24, 2.45) is 0 Å². The van der Waals surface area contributed by atoms with Crippen LogP contribution >= 0.6 is 0 Å². The van der Waals surface area contributed by atoms with Crippen molar-refractivity contribution in [3.05, 3.63) is 29.3 Å². The van der Waals surface area contributed by atoms with Crippen molar-refractivity contribution in [1.82, 2.24) is 0 Å². The number of Topliss-reactive ketones (excluding diaryl/α,β-unsaturated/α-hetero) is 1. The summed E-state index contributed by atoms with van der Waals surface area (Å²) in [6.07, 6.45) is -3.60. The lowest BCUT2D eigenvalue weighted by Crippen LogP contribution is -2.26. The highest BCUT2D eigenvalue weighted by atomic mass is 19.4. The number of halogens is 3. The molecule has 0 radical (unpaired) electrons. The number of ether oxygens (including phenoxy) is 1. The van der Waals surface area contributed by atoms with Gasteiger partial charge < -0.3 is 4.74 Å². The third-order valence-corrected chi connectivity index (χ3v) is 3.01. The summed E-state index contributed by atoms with van der Waals surface area (Å²) in [7, 11) is 1.31. The minimum Gasteiger partial charge on any atom is -0.497 e. The normalized spacial score (nSPS) is 20.0. The van der Waals surface area contributed by atoms with Crippen LogP contribution in [0.1, 0.15) is 29.9 Å². The molecule has 0 saturated heterocycles. The molecule has 0 aliphatic heterocycles. The molecule has 2 nitrogen and oxygen atoms in total. The highest BCUT2D eigenvalue weighted by molar-refractivity contribution is 5.91. The second-order valence-electron chi connectivity index (χ2n) is 4.01. The Bertz CT molecular complexity index is 452. The van der Waals surface area contributed by atoms with Gasteiger partial charge in [-0.3, -0.25) is 4.79 Å². The van der Waals surface area contributed by atoms with E-state index in [0.29, 0.717) is 12.8 Å².